The first-order chi connectivity index (χ1) is 11.3. The van der Waals surface area contributed by atoms with Crippen molar-refractivity contribution in [2.45, 2.75) is 6.54 Å². The van der Waals surface area contributed by atoms with Crippen LogP contribution in [0.25, 0.3) is 0 Å². The molecule has 0 aliphatic carbocycles. The summed E-state index contributed by atoms with van der Waals surface area (Å²) in [6, 6.07) is 13.3. The first kappa shape index (κ1) is 15.4. The van der Waals surface area contributed by atoms with E-state index in [4.69, 9.17) is 9.47 Å². The minimum Gasteiger partial charge on any atom is -0.493 e. The number of nitrogens with zero attached hydrogens (tertiary/aromatic N) is 1. The largest absolute Gasteiger partial charge is 0.493 e. The van der Waals surface area contributed by atoms with Crippen LogP contribution in [0.15, 0.2) is 42.5 Å². The average molecular weight is 312 g/mol. The maximum absolute atomic E-state index is 13.1. The van der Waals surface area contributed by atoms with Crippen LogP contribution in [0.2, 0.25) is 0 Å². The second-order valence-electron chi connectivity index (χ2n) is 5.30. The van der Waals surface area contributed by atoms with Gasteiger partial charge in [0.25, 0.3) is 5.91 Å². The first-order valence-electron chi connectivity index (χ1n) is 7.57. The van der Waals surface area contributed by atoms with Gasteiger partial charge in [-0.15, -0.1) is 0 Å². The van der Waals surface area contributed by atoms with Crippen LogP contribution in [0.4, 0.5) is 5.69 Å². The number of fused-ring (bicyclic) bond motifs is 1. The summed E-state index contributed by atoms with van der Waals surface area (Å²) in [5.74, 6) is 0.936. The van der Waals surface area contributed by atoms with E-state index in [1.807, 2.05) is 24.3 Å². The number of carbonyl (C=O) groups excluding carboxylic acids is 1. The Balaban J connectivity index is 2.04. The van der Waals surface area contributed by atoms with Crippen molar-refractivity contribution in [1.29, 1.82) is 0 Å². The number of rotatable bonds is 3. The van der Waals surface area contributed by atoms with Gasteiger partial charge in [0.05, 0.1) is 19.8 Å². The Morgan fingerprint density at radius 2 is 1.91 bits per heavy atom. The highest BCUT2D eigenvalue weighted by Gasteiger charge is 2.25. The van der Waals surface area contributed by atoms with Gasteiger partial charge in [-0.3, -0.25) is 4.79 Å². The molecule has 0 unspecified atom stereocenters. The Morgan fingerprint density at radius 1 is 1.09 bits per heavy atom. The summed E-state index contributed by atoms with van der Waals surface area (Å²) in [5, 5.41) is 3.34. The molecule has 0 fully saturated rings. The third kappa shape index (κ3) is 2.87. The second kappa shape index (κ2) is 6.71. The van der Waals surface area contributed by atoms with Gasteiger partial charge in [-0.05, 0) is 23.8 Å². The quantitative estimate of drug-likeness (QED) is 0.946. The molecule has 0 radical (unpaired) electrons. The Bertz CT molecular complexity index is 715. The third-order valence-electron chi connectivity index (χ3n) is 3.99. The smallest absolute Gasteiger partial charge is 0.262 e. The molecular weight excluding hydrogens is 292 g/mol. The van der Waals surface area contributed by atoms with E-state index in [1.54, 1.807) is 37.3 Å². The molecule has 5 nitrogen and oxygen atoms in total. The van der Waals surface area contributed by atoms with Gasteiger partial charge in [-0.1, -0.05) is 24.3 Å². The van der Waals surface area contributed by atoms with Gasteiger partial charge < -0.3 is 19.7 Å². The lowest BCUT2D eigenvalue weighted by Crippen LogP contribution is -2.35. The van der Waals surface area contributed by atoms with E-state index in [9.17, 15) is 4.79 Å². The van der Waals surface area contributed by atoms with Crippen LogP contribution in [0.3, 0.4) is 0 Å². The summed E-state index contributed by atoms with van der Waals surface area (Å²) in [6.45, 7) is 2.11. The highest BCUT2D eigenvalue weighted by atomic mass is 16.5. The molecule has 1 aliphatic heterocycles. The van der Waals surface area contributed by atoms with Gasteiger partial charge in [0.15, 0.2) is 11.5 Å². The molecule has 0 spiro atoms. The second-order valence-corrected chi connectivity index (χ2v) is 5.30. The maximum Gasteiger partial charge on any atom is 0.262 e. The highest BCUT2D eigenvalue weighted by Crippen LogP contribution is 2.33. The van der Waals surface area contributed by atoms with Gasteiger partial charge >= 0.3 is 0 Å². The number of nitrogens with one attached hydrogen (secondary N) is 1. The molecule has 1 aliphatic rings. The Kier molecular flexibility index (Phi) is 4.48. The lowest BCUT2D eigenvalue weighted by molar-refractivity contribution is 0.0984. The fraction of sp³-hybridized carbons (Fsp3) is 0.278. The lowest BCUT2D eigenvalue weighted by atomic mass is 10.1. The number of hydrogen-bond donors (Lipinski definition) is 1. The molecule has 5 heteroatoms. The fourth-order valence-electron chi connectivity index (χ4n) is 2.87. The molecular formula is C18H20N2O3. The zero-order chi connectivity index (χ0) is 16.2. The van der Waals surface area contributed by atoms with Gasteiger partial charge in [-0.2, -0.15) is 0 Å². The molecule has 1 N–H and O–H groups in total. The average Bonchev–Trinajstić information content (AvgIpc) is 2.82. The standard InChI is InChI=1S/C18H20N2O3/c1-22-16-9-5-7-14(17(16)23-2)18(21)20-11-10-19-12-13-6-3-4-8-15(13)20/h3-9,19H,10-12H2,1-2H3. The van der Waals surface area contributed by atoms with Crippen LogP contribution in [0.5, 0.6) is 11.5 Å². The summed E-state index contributed by atoms with van der Waals surface area (Å²) < 4.78 is 10.7. The van der Waals surface area contributed by atoms with Crippen LogP contribution >= 0.6 is 0 Å². The molecule has 3 rings (SSSR count). The number of anilines is 1. The Hall–Kier alpha value is -2.53. The van der Waals surface area contributed by atoms with Crippen molar-refractivity contribution < 1.29 is 14.3 Å². The van der Waals surface area contributed by atoms with Crippen molar-refractivity contribution in [3.05, 3.63) is 53.6 Å². The summed E-state index contributed by atoms with van der Waals surface area (Å²) >= 11 is 0. The minimum atomic E-state index is -0.0862. The number of hydrogen-bond acceptors (Lipinski definition) is 4. The van der Waals surface area contributed by atoms with Crippen LogP contribution < -0.4 is 19.7 Å². The van der Waals surface area contributed by atoms with Crippen molar-refractivity contribution in [3.63, 3.8) is 0 Å². The molecule has 1 amide bonds. The predicted octanol–water partition coefficient (Wildman–Crippen LogP) is 2.45. The molecule has 0 saturated carbocycles. The number of para-hydroxylation sites is 2. The van der Waals surface area contributed by atoms with E-state index in [1.165, 1.54) is 0 Å². The van der Waals surface area contributed by atoms with Crippen molar-refractivity contribution >= 4 is 11.6 Å². The Labute approximate surface area is 135 Å². The molecule has 1 heterocycles. The van der Waals surface area contributed by atoms with E-state index < -0.39 is 0 Å². The molecule has 2 aromatic carbocycles. The fourth-order valence-corrected chi connectivity index (χ4v) is 2.87. The number of methoxy groups -OCH3 is 2. The zero-order valence-corrected chi connectivity index (χ0v) is 13.3. The van der Waals surface area contributed by atoms with E-state index in [0.717, 1.165) is 24.3 Å². The molecule has 2 aromatic rings. The highest BCUT2D eigenvalue weighted by molar-refractivity contribution is 6.08. The van der Waals surface area contributed by atoms with Gasteiger partial charge in [0.1, 0.15) is 0 Å². The molecule has 23 heavy (non-hydrogen) atoms. The van der Waals surface area contributed by atoms with Gasteiger partial charge in [0, 0.05) is 25.3 Å². The van der Waals surface area contributed by atoms with E-state index in [2.05, 4.69) is 5.32 Å². The molecule has 0 bridgehead atoms. The zero-order valence-electron chi connectivity index (χ0n) is 13.3. The number of benzene rings is 2. The van der Waals surface area contributed by atoms with E-state index >= 15 is 0 Å². The van der Waals surface area contributed by atoms with Crippen LogP contribution in [0, 0.1) is 0 Å². The summed E-state index contributed by atoms with van der Waals surface area (Å²) in [5.41, 5.74) is 2.55. The summed E-state index contributed by atoms with van der Waals surface area (Å²) in [4.78, 5) is 14.9. The third-order valence-corrected chi connectivity index (χ3v) is 3.99. The number of ether oxygens (including phenoxy) is 2. The van der Waals surface area contributed by atoms with E-state index in [-0.39, 0.29) is 5.91 Å². The molecule has 0 saturated heterocycles. The molecule has 0 atom stereocenters. The minimum absolute atomic E-state index is 0.0862. The molecule has 120 valence electrons. The Morgan fingerprint density at radius 3 is 2.70 bits per heavy atom. The first-order valence-corrected chi connectivity index (χ1v) is 7.57. The number of carbonyl (C=O) groups is 1. The van der Waals surface area contributed by atoms with Crippen molar-refractivity contribution in [1.82, 2.24) is 5.32 Å². The monoisotopic (exact) mass is 312 g/mol. The van der Waals surface area contributed by atoms with E-state index in [0.29, 0.717) is 23.6 Å². The summed E-state index contributed by atoms with van der Waals surface area (Å²) in [6.07, 6.45) is 0. The van der Waals surface area contributed by atoms with Crippen LogP contribution in [0.1, 0.15) is 15.9 Å². The normalized spacial score (nSPS) is 13.9. The van der Waals surface area contributed by atoms with Crippen molar-refractivity contribution in [3.8, 4) is 11.5 Å². The number of amides is 1. The topological polar surface area (TPSA) is 50.8 Å². The van der Waals surface area contributed by atoms with Gasteiger partial charge in [0.2, 0.25) is 0 Å². The predicted molar refractivity (Wildman–Crippen MR) is 89.4 cm³/mol. The van der Waals surface area contributed by atoms with Gasteiger partial charge in [-0.25, -0.2) is 0 Å². The van der Waals surface area contributed by atoms with Crippen molar-refractivity contribution in [2.75, 3.05) is 32.2 Å². The SMILES string of the molecule is COc1cccc(C(=O)N2CCNCc3ccccc32)c1OC. The summed E-state index contributed by atoms with van der Waals surface area (Å²) in [7, 11) is 3.11. The maximum atomic E-state index is 13.1. The van der Waals surface area contributed by atoms with Crippen LogP contribution in [-0.4, -0.2) is 33.2 Å². The lowest BCUT2D eigenvalue weighted by Gasteiger charge is -2.24. The van der Waals surface area contributed by atoms with Crippen molar-refractivity contribution in [2.24, 2.45) is 0 Å². The molecule has 0 aromatic heterocycles. The van der Waals surface area contributed by atoms with Crippen LogP contribution in [-0.2, 0) is 6.54 Å².